The number of ether oxygens (including phenoxy) is 1. The number of sulfonamides is 1. The number of hydrogen-bond donors (Lipinski definition) is 1. The second-order valence-corrected chi connectivity index (χ2v) is 15.7. The van der Waals surface area contributed by atoms with Crippen LogP contribution < -0.4 is 14.5 Å². The summed E-state index contributed by atoms with van der Waals surface area (Å²) in [6.45, 7) is 1.49. The topological polar surface area (TPSA) is 107 Å². The SMILES string of the molecule is CCOc1cc(C(=O)O)ccc1N(Cc1cc(C2CC2)cc(N2CCCC2)c1)C(=O)CN(Cc1ccccc1Cl)S(=O)(=O)c1c(F)c(F)c(F)c(F)c1Cl. The molecule has 1 amide bonds. The Morgan fingerprint density at radius 2 is 1.59 bits per heavy atom. The van der Waals surface area contributed by atoms with Gasteiger partial charge in [0.15, 0.2) is 23.3 Å². The Morgan fingerprint density at radius 1 is 0.907 bits per heavy atom. The van der Waals surface area contributed by atoms with Crippen molar-refractivity contribution in [3.8, 4) is 5.75 Å². The molecule has 1 saturated heterocycles. The largest absolute Gasteiger partial charge is 0.492 e. The number of carboxylic acid groups (broad SMARTS) is 1. The van der Waals surface area contributed by atoms with Crippen LogP contribution in [0.5, 0.6) is 5.75 Å². The number of hydrogen-bond acceptors (Lipinski definition) is 6. The molecule has 2 fully saturated rings. The Kier molecular flexibility index (Phi) is 11.8. The van der Waals surface area contributed by atoms with E-state index >= 15 is 4.39 Å². The van der Waals surface area contributed by atoms with Gasteiger partial charge >= 0.3 is 5.97 Å². The Labute approximate surface area is 319 Å². The van der Waals surface area contributed by atoms with Crippen molar-refractivity contribution in [2.75, 3.05) is 36.0 Å². The van der Waals surface area contributed by atoms with Crippen LogP contribution in [0.1, 0.15) is 65.6 Å². The Morgan fingerprint density at radius 3 is 2.24 bits per heavy atom. The average Bonchev–Trinajstić information content (AvgIpc) is 3.85. The van der Waals surface area contributed by atoms with Crippen LogP contribution in [0, 0.1) is 23.3 Å². The molecule has 0 spiro atoms. The van der Waals surface area contributed by atoms with E-state index in [1.807, 2.05) is 12.1 Å². The van der Waals surface area contributed by atoms with Crippen molar-refractivity contribution in [2.24, 2.45) is 0 Å². The third-order valence-electron chi connectivity index (χ3n) is 9.34. The van der Waals surface area contributed by atoms with E-state index in [9.17, 15) is 36.3 Å². The minimum absolute atomic E-state index is 0.00106. The fourth-order valence-corrected chi connectivity index (χ4v) is 8.59. The highest BCUT2D eigenvalue weighted by molar-refractivity contribution is 7.89. The van der Waals surface area contributed by atoms with Crippen LogP contribution in [0.2, 0.25) is 10.0 Å². The Bertz CT molecular complexity index is 2190. The Balaban J connectivity index is 1.48. The zero-order chi connectivity index (χ0) is 38.9. The first-order valence-electron chi connectivity index (χ1n) is 17.2. The summed E-state index contributed by atoms with van der Waals surface area (Å²) in [5.41, 5.74) is 2.78. The normalized spacial score (nSPS) is 14.5. The van der Waals surface area contributed by atoms with Gasteiger partial charge in [-0.2, -0.15) is 4.31 Å². The number of anilines is 2. The van der Waals surface area contributed by atoms with Gasteiger partial charge in [0, 0.05) is 30.3 Å². The van der Waals surface area contributed by atoms with Gasteiger partial charge in [0.05, 0.1) is 30.9 Å². The quantitative estimate of drug-likeness (QED) is 0.0774. The molecule has 4 aromatic rings. The molecule has 2 aliphatic rings. The van der Waals surface area contributed by atoms with Crippen LogP contribution in [0.3, 0.4) is 0 Å². The molecule has 286 valence electrons. The van der Waals surface area contributed by atoms with Gasteiger partial charge in [-0.05, 0) is 91.6 Å². The summed E-state index contributed by atoms with van der Waals surface area (Å²) in [6, 6.07) is 15.8. The lowest BCUT2D eigenvalue weighted by Crippen LogP contribution is -2.43. The molecule has 0 bridgehead atoms. The Hall–Kier alpha value is -4.37. The fraction of sp³-hybridized carbons (Fsp3) is 0.316. The lowest BCUT2D eigenvalue weighted by molar-refractivity contribution is -0.119. The van der Waals surface area contributed by atoms with Crippen molar-refractivity contribution < 1.29 is 45.4 Å². The van der Waals surface area contributed by atoms with Crippen LogP contribution in [-0.2, 0) is 27.9 Å². The molecule has 1 N–H and O–H groups in total. The smallest absolute Gasteiger partial charge is 0.335 e. The number of nitrogens with zero attached hydrogens (tertiary/aromatic N) is 3. The van der Waals surface area contributed by atoms with E-state index in [1.165, 1.54) is 41.3 Å². The van der Waals surface area contributed by atoms with Crippen molar-refractivity contribution in [2.45, 2.75) is 56.5 Å². The summed E-state index contributed by atoms with van der Waals surface area (Å²) in [6.07, 6.45) is 4.03. The summed E-state index contributed by atoms with van der Waals surface area (Å²) in [5.74, 6) is -11.0. The monoisotopic (exact) mass is 807 g/mol. The van der Waals surface area contributed by atoms with Gasteiger partial charge in [-0.25, -0.2) is 30.8 Å². The highest BCUT2D eigenvalue weighted by Crippen LogP contribution is 2.43. The predicted molar refractivity (Wildman–Crippen MR) is 196 cm³/mol. The first kappa shape index (κ1) is 39.3. The summed E-state index contributed by atoms with van der Waals surface area (Å²) in [7, 11) is -5.43. The van der Waals surface area contributed by atoms with Gasteiger partial charge in [-0.15, -0.1) is 0 Å². The number of carbonyl (C=O) groups is 2. The molecule has 0 radical (unpaired) electrons. The molecular weight excluding hydrogens is 773 g/mol. The van der Waals surface area contributed by atoms with E-state index in [2.05, 4.69) is 11.0 Å². The van der Waals surface area contributed by atoms with E-state index in [0.29, 0.717) is 15.8 Å². The molecule has 1 aliphatic carbocycles. The second-order valence-electron chi connectivity index (χ2n) is 13.1. The van der Waals surface area contributed by atoms with Gasteiger partial charge in [0.1, 0.15) is 15.7 Å². The highest BCUT2D eigenvalue weighted by Gasteiger charge is 2.38. The maximum absolute atomic E-state index is 15.3. The van der Waals surface area contributed by atoms with Crippen LogP contribution in [0.4, 0.5) is 28.9 Å². The molecule has 1 aliphatic heterocycles. The van der Waals surface area contributed by atoms with Gasteiger partial charge < -0.3 is 19.6 Å². The van der Waals surface area contributed by atoms with E-state index in [1.54, 1.807) is 13.0 Å². The fourth-order valence-electron chi connectivity index (χ4n) is 6.45. The molecular formula is C38H35Cl2F4N3O6S. The highest BCUT2D eigenvalue weighted by atomic mass is 35.5. The molecule has 9 nitrogen and oxygen atoms in total. The van der Waals surface area contributed by atoms with Crippen LogP contribution in [0.25, 0.3) is 0 Å². The van der Waals surface area contributed by atoms with Crippen molar-refractivity contribution in [3.63, 3.8) is 0 Å². The molecule has 1 heterocycles. The first-order valence-corrected chi connectivity index (χ1v) is 19.3. The van der Waals surface area contributed by atoms with Crippen molar-refractivity contribution in [3.05, 3.63) is 116 Å². The number of aromatic carboxylic acids is 1. The molecule has 16 heteroatoms. The maximum Gasteiger partial charge on any atom is 0.335 e. The lowest BCUT2D eigenvalue weighted by Gasteiger charge is -2.30. The molecule has 4 aromatic carbocycles. The summed E-state index contributed by atoms with van der Waals surface area (Å²) < 4.78 is 93.2. The van der Waals surface area contributed by atoms with Crippen molar-refractivity contribution in [1.82, 2.24) is 4.31 Å². The van der Waals surface area contributed by atoms with E-state index < -0.39 is 68.2 Å². The number of carbonyl (C=O) groups excluding carboxylic acids is 1. The summed E-state index contributed by atoms with van der Waals surface area (Å²) >= 11 is 12.2. The number of amides is 1. The molecule has 0 unspecified atom stereocenters. The number of benzene rings is 4. The number of halogens is 6. The zero-order valence-corrected chi connectivity index (χ0v) is 31.3. The van der Waals surface area contributed by atoms with Crippen LogP contribution >= 0.6 is 23.2 Å². The molecule has 1 saturated carbocycles. The summed E-state index contributed by atoms with van der Waals surface area (Å²) in [4.78, 5) is 28.3. The average molecular weight is 809 g/mol. The van der Waals surface area contributed by atoms with Crippen molar-refractivity contribution in [1.29, 1.82) is 0 Å². The minimum Gasteiger partial charge on any atom is -0.492 e. The molecule has 6 rings (SSSR count). The maximum atomic E-state index is 15.3. The minimum atomic E-state index is -5.43. The van der Waals surface area contributed by atoms with Crippen LogP contribution in [-0.4, -0.2) is 55.9 Å². The zero-order valence-electron chi connectivity index (χ0n) is 28.9. The molecule has 0 atom stereocenters. The van der Waals surface area contributed by atoms with Crippen LogP contribution in [0.15, 0.2) is 65.6 Å². The first-order chi connectivity index (χ1) is 25.7. The lowest BCUT2D eigenvalue weighted by atomic mass is 10.0. The van der Waals surface area contributed by atoms with Crippen molar-refractivity contribution >= 4 is 56.5 Å². The van der Waals surface area contributed by atoms with E-state index in [4.69, 9.17) is 27.9 Å². The molecule has 0 aromatic heterocycles. The predicted octanol–water partition coefficient (Wildman–Crippen LogP) is 8.55. The second kappa shape index (κ2) is 16.2. The van der Waals surface area contributed by atoms with Gasteiger partial charge in [0.25, 0.3) is 0 Å². The van der Waals surface area contributed by atoms with Gasteiger partial charge in [-0.3, -0.25) is 4.79 Å². The number of rotatable bonds is 14. The van der Waals surface area contributed by atoms with Gasteiger partial charge in [0.2, 0.25) is 15.9 Å². The number of carboxylic acids is 1. The van der Waals surface area contributed by atoms with E-state index in [0.717, 1.165) is 50.0 Å². The van der Waals surface area contributed by atoms with E-state index in [-0.39, 0.29) is 40.7 Å². The van der Waals surface area contributed by atoms with Gasteiger partial charge in [-0.1, -0.05) is 47.5 Å². The standard InChI is InChI=1S/C38H35Cl2F4N3O6S/c1-2-53-30-18-24(38(49)50)11-12-29(30)47(19-22-15-26(23-9-10-23)17-27(16-22)45-13-5-6-14-45)31(48)21-46(20-25-7-3-4-8-28(25)39)54(51,52)37-32(40)33(41)34(42)35(43)36(37)44/h3-4,7-8,11-12,15-18,23H,2,5-6,9-10,13-14,19-21H2,1H3,(H,49,50). The summed E-state index contributed by atoms with van der Waals surface area (Å²) in [5, 5.41) is 8.22. The third-order valence-corrected chi connectivity index (χ3v) is 12.0. The molecule has 54 heavy (non-hydrogen) atoms. The third kappa shape index (κ3) is 8.16.